The van der Waals surface area contributed by atoms with E-state index in [1.807, 2.05) is 31.2 Å². The van der Waals surface area contributed by atoms with Crippen LogP contribution in [0.5, 0.6) is 5.75 Å². The monoisotopic (exact) mass is 237 g/mol. The number of rotatable bonds is 7. The highest BCUT2D eigenvalue weighted by Crippen LogP contribution is 2.25. The van der Waals surface area contributed by atoms with Crippen LogP contribution in [0.3, 0.4) is 0 Å². The van der Waals surface area contributed by atoms with E-state index in [-0.39, 0.29) is 0 Å². The van der Waals surface area contributed by atoms with E-state index in [1.54, 1.807) is 0 Å². The predicted molar refractivity (Wildman–Crippen MR) is 70.4 cm³/mol. The van der Waals surface area contributed by atoms with E-state index in [4.69, 9.17) is 4.74 Å². The third kappa shape index (κ3) is 4.02. The lowest BCUT2D eigenvalue weighted by Gasteiger charge is -2.23. The second-order valence-electron chi connectivity index (χ2n) is 3.97. The van der Waals surface area contributed by atoms with E-state index in [0.717, 1.165) is 24.4 Å². The van der Waals surface area contributed by atoms with E-state index in [9.17, 15) is 5.11 Å². The Hall–Kier alpha value is -1.06. The second-order valence-corrected chi connectivity index (χ2v) is 3.97. The van der Waals surface area contributed by atoms with Gasteiger partial charge in [-0.25, -0.2) is 0 Å². The molecule has 0 saturated heterocycles. The summed E-state index contributed by atoms with van der Waals surface area (Å²) >= 11 is 0. The van der Waals surface area contributed by atoms with E-state index >= 15 is 0 Å². The highest BCUT2D eigenvalue weighted by Gasteiger charge is 2.15. The van der Waals surface area contributed by atoms with Crippen LogP contribution < -0.4 is 4.74 Å². The number of likely N-dealkylation sites (N-methyl/N-ethyl adjacent to an activating group) is 1. The summed E-state index contributed by atoms with van der Waals surface area (Å²) in [6.45, 7) is 9.32. The molecular weight excluding hydrogens is 214 g/mol. The third-order valence-electron chi connectivity index (χ3n) is 2.90. The van der Waals surface area contributed by atoms with Crippen molar-refractivity contribution in [2.45, 2.75) is 26.9 Å². The maximum absolute atomic E-state index is 10.2. The maximum atomic E-state index is 10.2. The fourth-order valence-corrected chi connectivity index (χ4v) is 1.87. The minimum Gasteiger partial charge on any atom is -0.493 e. The normalized spacial score (nSPS) is 12.8. The smallest absolute Gasteiger partial charge is 0.125 e. The molecule has 0 aliphatic carbocycles. The molecule has 0 aliphatic rings. The van der Waals surface area contributed by atoms with E-state index in [0.29, 0.717) is 13.2 Å². The van der Waals surface area contributed by atoms with Crippen LogP contribution >= 0.6 is 0 Å². The quantitative estimate of drug-likeness (QED) is 0.790. The molecule has 0 bridgehead atoms. The molecule has 1 aromatic carbocycles. The Balaban J connectivity index is 2.76. The Morgan fingerprint density at radius 1 is 1.18 bits per heavy atom. The molecule has 96 valence electrons. The van der Waals surface area contributed by atoms with Gasteiger partial charge in [0, 0.05) is 12.1 Å². The minimum absolute atomic E-state index is 0.488. The molecule has 1 aromatic rings. The average molecular weight is 237 g/mol. The molecule has 0 spiro atoms. The van der Waals surface area contributed by atoms with E-state index in [2.05, 4.69) is 18.7 Å². The van der Waals surface area contributed by atoms with Crippen LogP contribution in [0.4, 0.5) is 0 Å². The Kier molecular flexibility index (Phi) is 6.01. The molecule has 3 nitrogen and oxygen atoms in total. The van der Waals surface area contributed by atoms with Crippen molar-refractivity contribution >= 4 is 0 Å². The molecule has 0 radical (unpaired) electrons. The van der Waals surface area contributed by atoms with Crippen molar-refractivity contribution in [2.24, 2.45) is 0 Å². The van der Waals surface area contributed by atoms with Crippen molar-refractivity contribution in [1.29, 1.82) is 0 Å². The number of aliphatic hydroxyl groups is 1. The Morgan fingerprint density at radius 2 is 1.82 bits per heavy atom. The number of ether oxygens (including phenoxy) is 1. The molecule has 0 fully saturated rings. The Bertz CT molecular complexity index is 324. The molecule has 1 rings (SSSR count). The number of hydrogen-bond acceptors (Lipinski definition) is 3. The van der Waals surface area contributed by atoms with Crippen LogP contribution in [0.2, 0.25) is 0 Å². The van der Waals surface area contributed by atoms with Crippen LogP contribution in [0.1, 0.15) is 32.4 Å². The van der Waals surface area contributed by atoms with Gasteiger partial charge in [-0.3, -0.25) is 0 Å². The standard InChI is InChI=1S/C14H23NO2/c1-4-15(5-2)11-13(16)12-9-7-8-10-14(12)17-6-3/h7-10,13,16H,4-6,11H2,1-3H3. The lowest BCUT2D eigenvalue weighted by molar-refractivity contribution is 0.116. The first kappa shape index (κ1) is 14.0. The van der Waals surface area contributed by atoms with Crippen LogP contribution in [-0.4, -0.2) is 36.2 Å². The summed E-state index contributed by atoms with van der Waals surface area (Å²) in [6.07, 6.45) is -0.488. The maximum Gasteiger partial charge on any atom is 0.125 e. The van der Waals surface area contributed by atoms with Crippen molar-refractivity contribution in [2.75, 3.05) is 26.2 Å². The first-order chi connectivity index (χ1) is 8.22. The van der Waals surface area contributed by atoms with Gasteiger partial charge in [0.2, 0.25) is 0 Å². The van der Waals surface area contributed by atoms with Crippen molar-refractivity contribution < 1.29 is 9.84 Å². The summed E-state index contributed by atoms with van der Waals surface area (Å²) in [5.74, 6) is 0.787. The highest BCUT2D eigenvalue weighted by atomic mass is 16.5. The fourth-order valence-electron chi connectivity index (χ4n) is 1.87. The second kappa shape index (κ2) is 7.30. The molecule has 0 saturated carbocycles. The average Bonchev–Trinajstić information content (AvgIpc) is 2.36. The molecule has 1 unspecified atom stereocenters. The lowest BCUT2D eigenvalue weighted by Crippen LogP contribution is -2.28. The largest absolute Gasteiger partial charge is 0.493 e. The van der Waals surface area contributed by atoms with Gasteiger partial charge in [-0.2, -0.15) is 0 Å². The van der Waals surface area contributed by atoms with E-state index in [1.165, 1.54) is 0 Å². The molecule has 1 atom stereocenters. The topological polar surface area (TPSA) is 32.7 Å². The predicted octanol–water partition coefficient (Wildman–Crippen LogP) is 2.46. The third-order valence-corrected chi connectivity index (χ3v) is 2.90. The van der Waals surface area contributed by atoms with Crippen molar-refractivity contribution in [3.8, 4) is 5.75 Å². The van der Waals surface area contributed by atoms with Gasteiger partial charge in [-0.1, -0.05) is 32.0 Å². The summed E-state index contributed by atoms with van der Waals surface area (Å²) in [5.41, 5.74) is 0.876. The first-order valence-corrected chi connectivity index (χ1v) is 6.35. The summed E-state index contributed by atoms with van der Waals surface area (Å²) in [7, 11) is 0. The van der Waals surface area contributed by atoms with Crippen molar-refractivity contribution in [1.82, 2.24) is 4.90 Å². The molecule has 17 heavy (non-hydrogen) atoms. The molecule has 1 N–H and O–H groups in total. The number of nitrogens with zero attached hydrogens (tertiary/aromatic N) is 1. The zero-order valence-corrected chi connectivity index (χ0v) is 11.0. The van der Waals surface area contributed by atoms with Gasteiger partial charge in [0.25, 0.3) is 0 Å². The zero-order valence-electron chi connectivity index (χ0n) is 11.0. The Morgan fingerprint density at radius 3 is 2.41 bits per heavy atom. The van der Waals surface area contributed by atoms with Gasteiger partial charge in [-0.05, 0) is 26.1 Å². The Labute approximate surface area is 104 Å². The first-order valence-electron chi connectivity index (χ1n) is 6.35. The van der Waals surface area contributed by atoms with Gasteiger partial charge in [0.15, 0.2) is 0 Å². The molecular formula is C14H23NO2. The SMILES string of the molecule is CCOc1ccccc1C(O)CN(CC)CC. The minimum atomic E-state index is -0.488. The molecule has 0 amide bonds. The van der Waals surface area contributed by atoms with Crippen LogP contribution in [0.15, 0.2) is 24.3 Å². The summed E-state index contributed by atoms with van der Waals surface area (Å²) in [4.78, 5) is 2.20. The number of hydrogen-bond donors (Lipinski definition) is 1. The zero-order chi connectivity index (χ0) is 12.7. The number of aliphatic hydroxyl groups excluding tert-OH is 1. The highest BCUT2D eigenvalue weighted by molar-refractivity contribution is 5.35. The fraction of sp³-hybridized carbons (Fsp3) is 0.571. The van der Waals surface area contributed by atoms with Crippen LogP contribution in [0, 0.1) is 0 Å². The van der Waals surface area contributed by atoms with Gasteiger partial charge in [0.05, 0.1) is 12.7 Å². The van der Waals surface area contributed by atoms with Gasteiger partial charge in [-0.15, -0.1) is 0 Å². The molecule has 3 heteroatoms. The van der Waals surface area contributed by atoms with Crippen molar-refractivity contribution in [3.63, 3.8) is 0 Å². The molecule has 0 heterocycles. The van der Waals surface area contributed by atoms with Gasteiger partial charge >= 0.3 is 0 Å². The van der Waals surface area contributed by atoms with Gasteiger partial charge in [0.1, 0.15) is 5.75 Å². The van der Waals surface area contributed by atoms with Crippen molar-refractivity contribution in [3.05, 3.63) is 29.8 Å². The molecule has 0 aliphatic heterocycles. The number of benzene rings is 1. The van der Waals surface area contributed by atoms with Crippen LogP contribution in [-0.2, 0) is 0 Å². The van der Waals surface area contributed by atoms with Gasteiger partial charge < -0.3 is 14.7 Å². The lowest BCUT2D eigenvalue weighted by atomic mass is 10.1. The van der Waals surface area contributed by atoms with E-state index < -0.39 is 6.10 Å². The summed E-state index contributed by atoms with van der Waals surface area (Å²) in [5, 5.41) is 10.2. The molecule has 0 aromatic heterocycles. The summed E-state index contributed by atoms with van der Waals surface area (Å²) < 4.78 is 5.53. The van der Waals surface area contributed by atoms with Crippen LogP contribution in [0.25, 0.3) is 0 Å². The number of para-hydroxylation sites is 1. The summed E-state index contributed by atoms with van der Waals surface area (Å²) in [6, 6.07) is 7.70.